The molecule has 0 aliphatic heterocycles. The number of allylic oxidation sites excluding steroid dienone is 2. The topological polar surface area (TPSA) is 17.1 Å². The van der Waals surface area contributed by atoms with E-state index < -0.39 is 34.4 Å². The van der Waals surface area contributed by atoms with Gasteiger partial charge in [0.15, 0.2) is 5.83 Å². The van der Waals surface area contributed by atoms with Gasteiger partial charge in [-0.05, 0) is 0 Å². The van der Waals surface area contributed by atoms with E-state index in [1.807, 2.05) is 0 Å². The van der Waals surface area contributed by atoms with Crippen molar-refractivity contribution < 1.29 is 35.5 Å². The van der Waals surface area contributed by atoms with E-state index in [-0.39, 0.29) is 0 Å². The predicted octanol–water partition coefficient (Wildman–Crippen LogP) is 2.89. The highest BCUT2D eigenvalue weighted by Crippen LogP contribution is 2.55. The van der Waals surface area contributed by atoms with Gasteiger partial charge in [0.25, 0.3) is 5.78 Å². The summed E-state index contributed by atoms with van der Waals surface area (Å²) in [7, 11) is 0. The summed E-state index contributed by atoms with van der Waals surface area (Å²) in [6.45, 7) is 0. The van der Waals surface area contributed by atoms with Crippen molar-refractivity contribution >= 4 is 17.4 Å². The lowest BCUT2D eigenvalue weighted by Gasteiger charge is -2.34. The molecule has 0 unspecified atom stereocenters. The van der Waals surface area contributed by atoms with Crippen molar-refractivity contribution in [2.75, 3.05) is 0 Å². The summed E-state index contributed by atoms with van der Waals surface area (Å²) in [4.78, 5) is 10.3. The van der Waals surface area contributed by atoms with Gasteiger partial charge < -0.3 is 0 Å². The molecule has 1 rings (SSSR count). The second-order valence-electron chi connectivity index (χ2n) is 2.68. The monoisotopic (exact) mass is 256 g/mol. The Balaban J connectivity index is 3.56. The van der Waals surface area contributed by atoms with Gasteiger partial charge in [0.2, 0.25) is 0 Å². The Morgan fingerprint density at radius 1 is 0.933 bits per heavy atom. The summed E-state index contributed by atoms with van der Waals surface area (Å²) in [6.07, 6.45) is 0. The predicted molar refractivity (Wildman–Crippen MR) is 33.8 cm³/mol. The zero-order valence-electron chi connectivity index (χ0n) is 6.43. The molecule has 0 heterocycles. The van der Waals surface area contributed by atoms with Crippen molar-refractivity contribution in [2.24, 2.45) is 0 Å². The molecule has 0 N–H and O–H groups in total. The molecular formula is C6ClF7O. The summed E-state index contributed by atoms with van der Waals surface area (Å²) < 4.78 is 87.0. The Hall–Kier alpha value is -0.790. The summed E-state index contributed by atoms with van der Waals surface area (Å²) in [6, 6.07) is 0. The van der Waals surface area contributed by atoms with E-state index >= 15 is 0 Å². The fourth-order valence-electron chi connectivity index (χ4n) is 0.853. The Kier molecular flexibility index (Phi) is 2.35. The zero-order valence-corrected chi connectivity index (χ0v) is 7.19. The van der Waals surface area contributed by atoms with Gasteiger partial charge in [0, 0.05) is 0 Å². The highest BCUT2D eigenvalue weighted by Gasteiger charge is 2.80. The van der Waals surface area contributed by atoms with Crippen LogP contribution in [0, 0.1) is 0 Å². The number of alkyl halides is 6. The Labute approximate surface area is 82.5 Å². The molecule has 0 amide bonds. The van der Waals surface area contributed by atoms with Crippen molar-refractivity contribution in [3.8, 4) is 0 Å². The van der Waals surface area contributed by atoms with Crippen LogP contribution in [0.4, 0.5) is 30.7 Å². The maximum absolute atomic E-state index is 12.5. The van der Waals surface area contributed by atoms with Crippen molar-refractivity contribution in [2.45, 2.75) is 17.8 Å². The van der Waals surface area contributed by atoms with Gasteiger partial charge in [-0.25, -0.2) is 4.39 Å². The molecule has 0 radical (unpaired) electrons. The van der Waals surface area contributed by atoms with E-state index in [4.69, 9.17) is 0 Å². The maximum atomic E-state index is 12.5. The van der Waals surface area contributed by atoms with Crippen molar-refractivity contribution in [1.29, 1.82) is 0 Å². The molecule has 15 heavy (non-hydrogen) atoms. The summed E-state index contributed by atoms with van der Waals surface area (Å²) >= 11 is 4.39. The molecular weight excluding hydrogens is 257 g/mol. The molecule has 0 aromatic heterocycles. The average Bonchev–Trinajstić information content (AvgIpc) is 2.12. The minimum Gasteiger partial charge on any atom is -0.284 e. The molecule has 1 aliphatic rings. The van der Waals surface area contributed by atoms with E-state index in [9.17, 15) is 35.5 Å². The van der Waals surface area contributed by atoms with Crippen LogP contribution in [0.2, 0.25) is 0 Å². The quantitative estimate of drug-likeness (QED) is 0.609. The third-order valence-electron chi connectivity index (χ3n) is 1.74. The third kappa shape index (κ3) is 1.20. The van der Waals surface area contributed by atoms with Crippen LogP contribution in [0.1, 0.15) is 0 Å². The number of hydrogen-bond donors (Lipinski definition) is 0. The van der Waals surface area contributed by atoms with Crippen LogP contribution in [-0.4, -0.2) is 23.6 Å². The van der Waals surface area contributed by atoms with Crippen LogP contribution in [-0.2, 0) is 4.79 Å². The molecule has 1 nitrogen and oxygen atoms in total. The second kappa shape index (κ2) is 2.87. The Bertz CT molecular complexity index is 358. The molecule has 0 saturated heterocycles. The molecule has 0 atom stereocenters. The van der Waals surface area contributed by atoms with E-state index in [0.29, 0.717) is 0 Å². The number of rotatable bonds is 0. The lowest BCUT2D eigenvalue weighted by atomic mass is 9.93. The fraction of sp³-hybridized carbons (Fsp3) is 0.500. The van der Waals surface area contributed by atoms with Gasteiger partial charge in [0.1, 0.15) is 5.03 Å². The zero-order chi connectivity index (χ0) is 12.2. The lowest BCUT2D eigenvalue weighted by Crippen LogP contribution is -2.61. The minimum atomic E-state index is -6.05. The Morgan fingerprint density at radius 2 is 1.33 bits per heavy atom. The van der Waals surface area contributed by atoms with Crippen LogP contribution in [0.15, 0.2) is 10.9 Å². The summed E-state index contributed by atoms with van der Waals surface area (Å²) in [5.41, 5.74) is 0. The number of carbonyl (C=O) groups is 1. The smallest absolute Gasteiger partial charge is 0.284 e. The maximum Gasteiger partial charge on any atom is 0.385 e. The first-order valence-corrected chi connectivity index (χ1v) is 3.59. The summed E-state index contributed by atoms with van der Waals surface area (Å²) in [5.74, 6) is -23.3. The number of carbonyl (C=O) groups excluding carboxylic acids is 1. The van der Waals surface area contributed by atoms with Gasteiger partial charge >= 0.3 is 17.8 Å². The first-order chi connectivity index (χ1) is 6.48. The molecule has 0 aromatic rings. The SMILES string of the molecule is O=C1C(F)=C(Cl)C(F)(F)C(F)(F)C1(F)F. The standard InChI is InChI=1S/C6ClF7O/c7-2-1(8)3(15)5(11,12)6(13,14)4(2,9)10. The Morgan fingerprint density at radius 3 is 1.73 bits per heavy atom. The largest absolute Gasteiger partial charge is 0.385 e. The van der Waals surface area contributed by atoms with E-state index in [0.717, 1.165) is 0 Å². The highest BCUT2D eigenvalue weighted by atomic mass is 35.5. The molecule has 0 aromatic carbocycles. The summed E-state index contributed by atoms with van der Waals surface area (Å²) in [5, 5.41) is -2.51. The van der Waals surface area contributed by atoms with Crippen LogP contribution >= 0.6 is 11.6 Å². The molecule has 0 saturated carbocycles. The van der Waals surface area contributed by atoms with Gasteiger partial charge in [0.05, 0.1) is 0 Å². The minimum absolute atomic E-state index is 2.51. The van der Waals surface area contributed by atoms with Crippen LogP contribution in [0.3, 0.4) is 0 Å². The number of halogens is 8. The molecule has 86 valence electrons. The van der Waals surface area contributed by atoms with Crippen LogP contribution in [0.25, 0.3) is 0 Å². The second-order valence-corrected chi connectivity index (χ2v) is 3.06. The van der Waals surface area contributed by atoms with Crippen molar-refractivity contribution in [3.05, 3.63) is 10.9 Å². The van der Waals surface area contributed by atoms with E-state index in [1.54, 1.807) is 0 Å². The number of hydrogen-bond acceptors (Lipinski definition) is 1. The van der Waals surface area contributed by atoms with Gasteiger partial charge in [-0.1, -0.05) is 11.6 Å². The van der Waals surface area contributed by atoms with E-state index in [2.05, 4.69) is 11.6 Å². The normalized spacial score (nSPS) is 28.1. The molecule has 1 aliphatic carbocycles. The highest BCUT2D eigenvalue weighted by molar-refractivity contribution is 6.33. The van der Waals surface area contributed by atoms with Crippen molar-refractivity contribution in [1.82, 2.24) is 0 Å². The molecule has 0 fully saturated rings. The number of ketones is 1. The lowest BCUT2D eigenvalue weighted by molar-refractivity contribution is -0.286. The van der Waals surface area contributed by atoms with Crippen molar-refractivity contribution in [3.63, 3.8) is 0 Å². The molecule has 0 spiro atoms. The first kappa shape index (κ1) is 12.3. The first-order valence-electron chi connectivity index (χ1n) is 3.22. The molecule has 9 heteroatoms. The van der Waals surface area contributed by atoms with Gasteiger partial charge in [-0.15, -0.1) is 0 Å². The average molecular weight is 257 g/mol. The third-order valence-corrected chi connectivity index (χ3v) is 2.14. The number of Topliss-reactive ketones (excluding diaryl/α,β-unsaturated/α-hetero) is 1. The van der Waals surface area contributed by atoms with Gasteiger partial charge in [-0.2, -0.15) is 26.3 Å². The van der Waals surface area contributed by atoms with Gasteiger partial charge in [-0.3, -0.25) is 4.79 Å². The van der Waals surface area contributed by atoms with E-state index in [1.165, 1.54) is 0 Å². The van der Waals surface area contributed by atoms with Crippen LogP contribution < -0.4 is 0 Å². The fourth-order valence-corrected chi connectivity index (χ4v) is 1.06. The molecule has 0 bridgehead atoms. The van der Waals surface area contributed by atoms with Crippen LogP contribution in [0.5, 0.6) is 0 Å².